The van der Waals surface area contributed by atoms with E-state index in [-0.39, 0.29) is 0 Å². The molecule has 0 spiro atoms. The van der Waals surface area contributed by atoms with Gasteiger partial charge in [-0.25, -0.2) is 0 Å². The second-order valence-electron chi connectivity index (χ2n) is 6.23. The Morgan fingerprint density at radius 1 is 1.16 bits per heavy atom. The topological polar surface area (TPSA) is 15.3 Å². The third-order valence-corrected chi connectivity index (χ3v) is 7.75. The molecule has 3 rings (SSSR count). The minimum atomic E-state index is 0.796. The van der Waals surface area contributed by atoms with Crippen molar-refractivity contribution in [2.75, 3.05) is 30.3 Å². The Morgan fingerprint density at radius 2 is 1.95 bits per heavy atom. The molecule has 0 amide bonds. The second kappa shape index (κ2) is 7.06. The van der Waals surface area contributed by atoms with Crippen LogP contribution in [0.15, 0.2) is 0 Å². The van der Waals surface area contributed by atoms with E-state index < -0.39 is 0 Å². The lowest BCUT2D eigenvalue weighted by Crippen LogP contribution is -2.57. The number of nitrogens with zero attached hydrogens (tertiary/aromatic N) is 1. The Kier molecular flexibility index (Phi) is 5.41. The van der Waals surface area contributed by atoms with Crippen molar-refractivity contribution in [3.05, 3.63) is 0 Å². The monoisotopic (exact) mass is 300 g/mol. The highest BCUT2D eigenvalue weighted by Gasteiger charge is 2.38. The number of hydrogen-bond acceptors (Lipinski definition) is 4. The molecule has 0 saturated carbocycles. The van der Waals surface area contributed by atoms with Gasteiger partial charge in [-0.2, -0.15) is 23.5 Å². The molecule has 2 nitrogen and oxygen atoms in total. The van der Waals surface area contributed by atoms with Gasteiger partial charge in [0.05, 0.1) is 0 Å². The maximum atomic E-state index is 3.70. The lowest BCUT2D eigenvalue weighted by Gasteiger charge is -2.50. The average molecular weight is 301 g/mol. The Hall–Kier alpha value is 0.620. The van der Waals surface area contributed by atoms with Gasteiger partial charge in [0, 0.05) is 47.2 Å². The average Bonchev–Trinajstić information content (AvgIpc) is 2.41. The Labute approximate surface area is 126 Å². The first-order chi connectivity index (χ1) is 9.36. The van der Waals surface area contributed by atoms with Crippen LogP contribution in [-0.2, 0) is 0 Å². The van der Waals surface area contributed by atoms with E-state index in [4.69, 9.17) is 0 Å². The number of hydrogen-bond donors (Lipinski definition) is 1. The van der Waals surface area contributed by atoms with Crippen LogP contribution in [0.1, 0.15) is 39.0 Å². The summed E-state index contributed by atoms with van der Waals surface area (Å²) in [6.07, 6.45) is 7.16. The van der Waals surface area contributed by atoms with Crippen LogP contribution in [0, 0.1) is 0 Å². The van der Waals surface area contributed by atoms with E-state index in [0.717, 1.165) is 29.9 Å². The second-order valence-corrected chi connectivity index (χ2v) is 8.79. The third kappa shape index (κ3) is 3.63. The lowest BCUT2D eigenvalue weighted by atomic mass is 9.81. The molecule has 0 aliphatic carbocycles. The summed E-state index contributed by atoms with van der Waals surface area (Å²) in [4.78, 5) is 2.90. The van der Waals surface area contributed by atoms with Gasteiger partial charge in [0.1, 0.15) is 0 Å². The molecule has 3 heterocycles. The van der Waals surface area contributed by atoms with Crippen molar-refractivity contribution in [1.82, 2.24) is 10.2 Å². The van der Waals surface area contributed by atoms with Crippen LogP contribution < -0.4 is 5.32 Å². The molecule has 3 atom stereocenters. The molecule has 3 aliphatic heterocycles. The SMILES string of the molecule is CCNC1CC2CCCC(C1)N2CC1CSCCS1. The molecule has 0 aromatic heterocycles. The third-order valence-electron chi connectivity index (χ3n) is 4.92. The summed E-state index contributed by atoms with van der Waals surface area (Å²) in [7, 11) is 0. The predicted molar refractivity (Wildman–Crippen MR) is 88.4 cm³/mol. The zero-order valence-electron chi connectivity index (χ0n) is 12.1. The normalized spacial score (nSPS) is 40.3. The Bertz CT molecular complexity index is 267. The lowest BCUT2D eigenvalue weighted by molar-refractivity contribution is 0.0265. The Balaban J connectivity index is 1.58. The van der Waals surface area contributed by atoms with Gasteiger partial charge in [0.25, 0.3) is 0 Å². The van der Waals surface area contributed by atoms with Crippen molar-refractivity contribution in [1.29, 1.82) is 0 Å². The first-order valence-corrected chi connectivity index (χ1v) is 10.3. The number of nitrogens with one attached hydrogen (secondary N) is 1. The van der Waals surface area contributed by atoms with E-state index in [9.17, 15) is 0 Å². The zero-order chi connectivity index (χ0) is 13.1. The molecule has 19 heavy (non-hydrogen) atoms. The highest BCUT2D eigenvalue weighted by Crippen LogP contribution is 2.36. The van der Waals surface area contributed by atoms with Gasteiger partial charge in [0.2, 0.25) is 0 Å². The molecular formula is C15H28N2S2. The van der Waals surface area contributed by atoms with Crippen molar-refractivity contribution in [3.63, 3.8) is 0 Å². The molecular weight excluding hydrogens is 272 g/mol. The quantitative estimate of drug-likeness (QED) is 0.858. The predicted octanol–water partition coefficient (Wildman–Crippen LogP) is 2.83. The molecule has 0 radical (unpaired) electrons. The smallest absolute Gasteiger partial charge is 0.0266 e. The molecule has 3 saturated heterocycles. The number of thioether (sulfide) groups is 2. The van der Waals surface area contributed by atoms with Crippen LogP contribution in [0.3, 0.4) is 0 Å². The molecule has 0 aromatic rings. The zero-order valence-corrected chi connectivity index (χ0v) is 13.8. The highest BCUT2D eigenvalue weighted by molar-refractivity contribution is 8.06. The highest BCUT2D eigenvalue weighted by atomic mass is 32.2. The van der Waals surface area contributed by atoms with E-state index in [1.54, 1.807) is 0 Å². The van der Waals surface area contributed by atoms with E-state index in [2.05, 4.69) is 40.7 Å². The summed E-state index contributed by atoms with van der Waals surface area (Å²) in [5.41, 5.74) is 0. The fourth-order valence-electron chi connectivity index (χ4n) is 4.11. The van der Waals surface area contributed by atoms with Gasteiger partial charge in [-0.05, 0) is 32.2 Å². The molecule has 3 unspecified atom stereocenters. The first-order valence-electron chi connectivity index (χ1n) is 8.05. The van der Waals surface area contributed by atoms with Crippen LogP contribution in [0.2, 0.25) is 0 Å². The molecule has 3 fully saturated rings. The number of rotatable bonds is 4. The van der Waals surface area contributed by atoms with Gasteiger partial charge >= 0.3 is 0 Å². The van der Waals surface area contributed by atoms with Crippen LogP contribution in [0.25, 0.3) is 0 Å². The number of piperidine rings is 2. The fourth-order valence-corrected chi connectivity index (χ4v) is 6.78. The van der Waals surface area contributed by atoms with Crippen molar-refractivity contribution in [3.8, 4) is 0 Å². The van der Waals surface area contributed by atoms with Gasteiger partial charge in [-0.3, -0.25) is 4.90 Å². The summed E-state index contributed by atoms with van der Waals surface area (Å²) >= 11 is 4.40. The van der Waals surface area contributed by atoms with Gasteiger partial charge < -0.3 is 5.32 Å². The van der Waals surface area contributed by atoms with Crippen molar-refractivity contribution in [2.45, 2.75) is 62.4 Å². The van der Waals surface area contributed by atoms with E-state index >= 15 is 0 Å². The van der Waals surface area contributed by atoms with Gasteiger partial charge in [-0.1, -0.05) is 13.3 Å². The van der Waals surface area contributed by atoms with Gasteiger partial charge in [0.15, 0.2) is 0 Å². The van der Waals surface area contributed by atoms with Crippen molar-refractivity contribution >= 4 is 23.5 Å². The maximum Gasteiger partial charge on any atom is 0.0266 e. The molecule has 3 aliphatic rings. The van der Waals surface area contributed by atoms with Crippen molar-refractivity contribution in [2.24, 2.45) is 0 Å². The summed E-state index contributed by atoms with van der Waals surface area (Å²) in [5.74, 6) is 4.13. The molecule has 110 valence electrons. The molecule has 1 N–H and O–H groups in total. The summed E-state index contributed by atoms with van der Waals surface area (Å²) in [5, 5.41) is 4.60. The van der Waals surface area contributed by atoms with Crippen LogP contribution >= 0.6 is 23.5 Å². The molecule has 0 aromatic carbocycles. The fraction of sp³-hybridized carbons (Fsp3) is 1.00. The molecule has 2 bridgehead atoms. The largest absolute Gasteiger partial charge is 0.314 e. The molecule has 4 heteroatoms. The van der Waals surface area contributed by atoms with Crippen molar-refractivity contribution < 1.29 is 0 Å². The minimum absolute atomic E-state index is 0.796. The van der Waals surface area contributed by atoms with Gasteiger partial charge in [-0.15, -0.1) is 0 Å². The van der Waals surface area contributed by atoms with Crippen LogP contribution in [0.5, 0.6) is 0 Å². The summed E-state index contributed by atoms with van der Waals surface area (Å²) in [6.45, 7) is 4.75. The first kappa shape index (κ1) is 14.6. The minimum Gasteiger partial charge on any atom is -0.314 e. The summed E-state index contributed by atoms with van der Waals surface area (Å²) in [6, 6.07) is 2.55. The maximum absolute atomic E-state index is 3.70. The van der Waals surface area contributed by atoms with E-state index in [0.29, 0.717) is 0 Å². The number of fused-ring (bicyclic) bond motifs is 2. The van der Waals surface area contributed by atoms with Crippen LogP contribution in [0.4, 0.5) is 0 Å². The standard InChI is InChI=1S/C15H28N2S2/c1-2-16-12-8-13-4-3-5-14(9-12)17(13)10-15-11-18-6-7-19-15/h12-16H,2-11H2,1H3. The van der Waals surface area contributed by atoms with Crippen LogP contribution in [-0.4, -0.2) is 58.6 Å². The Morgan fingerprint density at radius 3 is 2.58 bits per heavy atom. The van der Waals surface area contributed by atoms with E-state index in [1.165, 1.54) is 55.9 Å². The van der Waals surface area contributed by atoms with E-state index in [1.807, 2.05) is 0 Å². The summed E-state index contributed by atoms with van der Waals surface area (Å²) < 4.78 is 0.